The van der Waals surface area contributed by atoms with E-state index in [9.17, 15) is 9.59 Å². The van der Waals surface area contributed by atoms with Crippen LogP contribution in [-0.2, 0) is 4.79 Å². The molecule has 92 valence electrons. The first kappa shape index (κ1) is 13.0. The molecule has 0 aliphatic carbocycles. The lowest BCUT2D eigenvalue weighted by Gasteiger charge is -2.13. The second kappa shape index (κ2) is 5.29. The van der Waals surface area contributed by atoms with Crippen LogP contribution in [-0.4, -0.2) is 22.8 Å². The molecule has 0 bridgehead atoms. The Morgan fingerprint density at radius 2 is 2.18 bits per heavy atom. The van der Waals surface area contributed by atoms with E-state index in [-0.39, 0.29) is 18.4 Å². The highest BCUT2D eigenvalue weighted by Crippen LogP contribution is 2.09. The van der Waals surface area contributed by atoms with E-state index in [1.54, 1.807) is 19.9 Å². The van der Waals surface area contributed by atoms with E-state index in [2.05, 4.69) is 10.3 Å². The largest absolute Gasteiger partial charge is 0.397 e. The molecular weight excluding hydrogens is 220 g/mol. The summed E-state index contributed by atoms with van der Waals surface area (Å²) in [5, 5.41) is 2.66. The molecule has 17 heavy (non-hydrogen) atoms. The molecule has 0 radical (unpaired) electrons. The van der Waals surface area contributed by atoms with E-state index < -0.39 is 5.91 Å². The number of hydrogen-bond acceptors (Lipinski definition) is 4. The predicted molar refractivity (Wildman–Crippen MR) is 64.1 cm³/mol. The van der Waals surface area contributed by atoms with Crippen LogP contribution in [0.3, 0.4) is 0 Å². The average Bonchev–Trinajstić information content (AvgIpc) is 2.20. The summed E-state index contributed by atoms with van der Waals surface area (Å²) in [4.78, 5) is 26.5. The molecule has 0 saturated carbocycles. The number of amides is 2. The van der Waals surface area contributed by atoms with Crippen LogP contribution in [0.4, 0.5) is 5.69 Å². The number of anilines is 1. The van der Waals surface area contributed by atoms with Gasteiger partial charge in [0, 0.05) is 12.5 Å². The van der Waals surface area contributed by atoms with Gasteiger partial charge in [0.1, 0.15) is 0 Å². The molecule has 2 amide bonds. The Morgan fingerprint density at radius 1 is 1.53 bits per heavy atom. The van der Waals surface area contributed by atoms with Gasteiger partial charge in [-0.05, 0) is 19.9 Å². The van der Waals surface area contributed by atoms with Crippen LogP contribution in [0.1, 0.15) is 29.4 Å². The normalized spacial score (nSPS) is 11.9. The highest BCUT2D eigenvalue weighted by Gasteiger charge is 2.14. The molecule has 6 heteroatoms. The van der Waals surface area contributed by atoms with Crippen LogP contribution in [0.2, 0.25) is 0 Å². The van der Waals surface area contributed by atoms with Gasteiger partial charge in [-0.3, -0.25) is 14.6 Å². The average molecular weight is 236 g/mol. The van der Waals surface area contributed by atoms with Gasteiger partial charge >= 0.3 is 0 Å². The van der Waals surface area contributed by atoms with E-state index >= 15 is 0 Å². The molecule has 6 nitrogen and oxygen atoms in total. The number of hydrogen-bond donors (Lipinski definition) is 3. The number of nitrogens with zero attached hydrogens (tertiary/aromatic N) is 1. The molecule has 1 atom stereocenters. The lowest BCUT2D eigenvalue weighted by atomic mass is 10.1. The summed E-state index contributed by atoms with van der Waals surface area (Å²) in [6, 6.07) is 1.23. The summed E-state index contributed by atoms with van der Waals surface area (Å²) in [7, 11) is 0. The van der Waals surface area contributed by atoms with Crippen molar-refractivity contribution in [3.8, 4) is 0 Å². The Bertz CT molecular complexity index is 445. The Kier molecular flexibility index (Phi) is 4.03. The van der Waals surface area contributed by atoms with Gasteiger partial charge in [0.15, 0.2) is 0 Å². The van der Waals surface area contributed by atoms with Gasteiger partial charge < -0.3 is 16.8 Å². The molecule has 1 unspecified atom stereocenters. The third-order valence-corrected chi connectivity index (χ3v) is 2.24. The van der Waals surface area contributed by atoms with Gasteiger partial charge in [0.25, 0.3) is 5.91 Å². The first-order chi connectivity index (χ1) is 7.90. The summed E-state index contributed by atoms with van der Waals surface area (Å²) in [6.07, 6.45) is 1.58. The maximum Gasteiger partial charge on any atom is 0.253 e. The standard InChI is InChI=1S/C11H16N4O2/c1-6(3-10(13)16)15-11(17)9-4-8(12)5-14-7(9)2/h4-6H,3,12H2,1-2H3,(H2,13,16)(H,15,17). The number of nitrogens with one attached hydrogen (secondary N) is 1. The molecule has 1 rings (SSSR count). The number of aromatic nitrogens is 1. The number of carbonyl (C=O) groups is 2. The molecule has 1 aromatic heterocycles. The summed E-state index contributed by atoms with van der Waals surface area (Å²) >= 11 is 0. The SMILES string of the molecule is Cc1ncc(N)cc1C(=O)NC(C)CC(N)=O. The van der Waals surface area contributed by atoms with Gasteiger partial charge in [-0.25, -0.2) is 0 Å². The minimum atomic E-state index is -0.458. The lowest BCUT2D eigenvalue weighted by molar-refractivity contribution is -0.118. The lowest BCUT2D eigenvalue weighted by Crippen LogP contribution is -2.36. The van der Waals surface area contributed by atoms with Crippen LogP contribution in [0, 0.1) is 6.92 Å². The Morgan fingerprint density at radius 3 is 2.76 bits per heavy atom. The summed E-state index contributed by atoms with van der Waals surface area (Å²) in [5.74, 6) is -0.767. The number of rotatable bonds is 4. The minimum absolute atomic E-state index is 0.0977. The fourth-order valence-corrected chi connectivity index (χ4v) is 1.43. The summed E-state index contributed by atoms with van der Waals surface area (Å²) < 4.78 is 0. The van der Waals surface area contributed by atoms with Crippen molar-refractivity contribution in [2.24, 2.45) is 5.73 Å². The Labute approximate surface area is 99.4 Å². The van der Waals surface area contributed by atoms with Crippen LogP contribution in [0.25, 0.3) is 0 Å². The number of nitrogens with two attached hydrogens (primary N) is 2. The quantitative estimate of drug-likeness (QED) is 0.681. The maximum absolute atomic E-state index is 11.9. The van der Waals surface area contributed by atoms with Crippen molar-refractivity contribution >= 4 is 17.5 Å². The van der Waals surface area contributed by atoms with Gasteiger partial charge in [0.2, 0.25) is 5.91 Å². The molecular formula is C11H16N4O2. The van der Waals surface area contributed by atoms with Gasteiger partial charge in [0.05, 0.1) is 23.1 Å². The van der Waals surface area contributed by atoms with Crippen molar-refractivity contribution in [1.82, 2.24) is 10.3 Å². The molecule has 5 N–H and O–H groups in total. The monoisotopic (exact) mass is 236 g/mol. The molecule has 0 aliphatic rings. The summed E-state index contributed by atoms with van der Waals surface area (Å²) in [6.45, 7) is 3.42. The van der Waals surface area contributed by atoms with Crippen LogP contribution < -0.4 is 16.8 Å². The molecule has 0 aliphatic heterocycles. The van der Waals surface area contributed by atoms with Gasteiger partial charge in [-0.15, -0.1) is 0 Å². The van der Waals surface area contributed by atoms with E-state index in [4.69, 9.17) is 11.5 Å². The fraction of sp³-hybridized carbons (Fsp3) is 0.364. The highest BCUT2D eigenvalue weighted by atomic mass is 16.2. The molecule has 0 spiro atoms. The Hall–Kier alpha value is -2.11. The van der Waals surface area contributed by atoms with Crippen LogP contribution in [0.5, 0.6) is 0 Å². The van der Waals surface area contributed by atoms with Crippen molar-refractivity contribution in [3.05, 3.63) is 23.5 Å². The topological polar surface area (TPSA) is 111 Å². The third-order valence-electron chi connectivity index (χ3n) is 2.24. The zero-order valence-corrected chi connectivity index (χ0v) is 9.86. The van der Waals surface area contributed by atoms with E-state index in [1.165, 1.54) is 6.20 Å². The second-order valence-electron chi connectivity index (χ2n) is 3.95. The van der Waals surface area contributed by atoms with Crippen LogP contribution in [0.15, 0.2) is 12.3 Å². The molecule has 1 aromatic rings. The predicted octanol–water partition coefficient (Wildman–Crippen LogP) is -0.0341. The zero-order chi connectivity index (χ0) is 13.0. The fourth-order valence-electron chi connectivity index (χ4n) is 1.43. The van der Waals surface area contributed by atoms with Crippen LogP contribution >= 0.6 is 0 Å². The number of nitrogen functional groups attached to an aromatic ring is 1. The van der Waals surface area contributed by atoms with Crippen molar-refractivity contribution in [1.29, 1.82) is 0 Å². The number of aryl methyl sites for hydroxylation is 1. The number of pyridine rings is 1. The maximum atomic E-state index is 11.9. The van der Waals surface area contributed by atoms with Crippen molar-refractivity contribution in [2.45, 2.75) is 26.3 Å². The highest BCUT2D eigenvalue weighted by molar-refractivity contribution is 5.96. The van der Waals surface area contributed by atoms with E-state index in [1.807, 2.05) is 0 Å². The van der Waals surface area contributed by atoms with Crippen molar-refractivity contribution in [3.63, 3.8) is 0 Å². The Balaban J connectivity index is 2.76. The van der Waals surface area contributed by atoms with Crippen molar-refractivity contribution in [2.75, 3.05) is 5.73 Å². The van der Waals surface area contributed by atoms with Gasteiger partial charge in [-0.1, -0.05) is 0 Å². The number of primary amides is 1. The first-order valence-electron chi connectivity index (χ1n) is 5.21. The van der Waals surface area contributed by atoms with E-state index in [0.717, 1.165) is 0 Å². The van der Waals surface area contributed by atoms with Crippen molar-refractivity contribution < 1.29 is 9.59 Å². The molecule has 0 saturated heterocycles. The number of carbonyl (C=O) groups excluding carboxylic acids is 2. The van der Waals surface area contributed by atoms with E-state index in [0.29, 0.717) is 16.9 Å². The minimum Gasteiger partial charge on any atom is -0.397 e. The second-order valence-corrected chi connectivity index (χ2v) is 3.95. The van der Waals surface area contributed by atoms with Gasteiger partial charge in [-0.2, -0.15) is 0 Å². The zero-order valence-electron chi connectivity index (χ0n) is 9.86. The third kappa shape index (κ3) is 3.75. The molecule has 1 heterocycles. The molecule has 0 fully saturated rings. The first-order valence-corrected chi connectivity index (χ1v) is 5.21. The molecule has 0 aromatic carbocycles. The summed E-state index contributed by atoms with van der Waals surface area (Å²) in [5.41, 5.74) is 12.0. The smallest absolute Gasteiger partial charge is 0.253 e.